The summed E-state index contributed by atoms with van der Waals surface area (Å²) in [5, 5.41) is 2.68. The van der Waals surface area contributed by atoms with E-state index in [9.17, 15) is 14.4 Å². The third-order valence-corrected chi connectivity index (χ3v) is 3.04. The van der Waals surface area contributed by atoms with Gasteiger partial charge in [0.2, 0.25) is 5.91 Å². The van der Waals surface area contributed by atoms with Gasteiger partial charge in [-0.25, -0.2) is 0 Å². The molecule has 1 amide bonds. The molecule has 0 aromatic carbocycles. The Morgan fingerprint density at radius 3 is 2.15 bits per heavy atom. The molecule has 0 aliphatic heterocycles. The van der Waals surface area contributed by atoms with Gasteiger partial charge in [-0.1, -0.05) is 6.92 Å². The zero-order chi connectivity index (χ0) is 15.8. The Hall–Kier alpha value is -1.43. The zero-order valence-electron chi connectivity index (χ0n) is 13.1. The summed E-state index contributed by atoms with van der Waals surface area (Å²) < 4.78 is 4.91. The predicted octanol–water partition coefficient (Wildman–Crippen LogP) is 0.603. The van der Waals surface area contributed by atoms with E-state index in [2.05, 4.69) is 5.32 Å². The van der Waals surface area contributed by atoms with Crippen LogP contribution in [0, 0.1) is 5.41 Å². The number of Topliss-reactive ketones (excluding diaryl/α,β-unsaturated/α-hetero) is 1. The number of carbonyl (C=O) groups is 3. The molecule has 1 N–H and O–H groups in total. The third kappa shape index (κ3) is 5.69. The molecule has 0 radical (unpaired) electrons. The Kier molecular flexibility index (Phi) is 8.06. The summed E-state index contributed by atoms with van der Waals surface area (Å²) in [5.74, 6) is -0.905. The molecule has 0 saturated carbocycles. The van der Waals surface area contributed by atoms with Crippen molar-refractivity contribution >= 4 is 17.7 Å². The summed E-state index contributed by atoms with van der Waals surface area (Å²) in [6, 6.07) is 0. The minimum Gasteiger partial charge on any atom is -0.465 e. The smallest absolute Gasteiger partial charge is 0.319 e. The molecule has 116 valence electrons. The van der Waals surface area contributed by atoms with Gasteiger partial charge in [-0.3, -0.25) is 19.3 Å². The van der Waals surface area contributed by atoms with Crippen molar-refractivity contribution in [3.63, 3.8) is 0 Å². The van der Waals surface area contributed by atoms with Crippen molar-refractivity contribution in [2.24, 2.45) is 5.41 Å². The van der Waals surface area contributed by atoms with Crippen LogP contribution in [-0.2, 0) is 19.1 Å². The summed E-state index contributed by atoms with van der Waals surface area (Å²) in [6.07, 6.45) is 0. The molecule has 0 rings (SSSR count). The van der Waals surface area contributed by atoms with Crippen LogP contribution in [0.4, 0.5) is 0 Å². The largest absolute Gasteiger partial charge is 0.465 e. The Morgan fingerprint density at radius 1 is 1.10 bits per heavy atom. The molecule has 6 heteroatoms. The van der Waals surface area contributed by atoms with Crippen molar-refractivity contribution in [3.05, 3.63) is 0 Å². The van der Waals surface area contributed by atoms with Crippen LogP contribution in [0.3, 0.4) is 0 Å². The first-order chi connectivity index (χ1) is 9.29. The van der Waals surface area contributed by atoms with E-state index >= 15 is 0 Å². The van der Waals surface area contributed by atoms with Crippen LogP contribution < -0.4 is 5.32 Å². The fourth-order valence-electron chi connectivity index (χ4n) is 1.56. The Bertz CT molecular complexity index is 353. The number of nitrogens with one attached hydrogen (secondary N) is 1. The summed E-state index contributed by atoms with van der Waals surface area (Å²) in [7, 11) is 0. The van der Waals surface area contributed by atoms with E-state index < -0.39 is 11.4 Å². The summed E-state index contributed by atoms with van der Waals surface area (Å²) >= 11 is 0. The second-order valence-electron chi connectivity index (χ2n) is 5.03. The number of amides is 1. The maximum absolute atomic E-state index is 12.2. The average molecular weight is 286 g/mol. The summed E-state index contributed by atoms with van der Waals surface area (Å²) in [5.41, 5.74) is -1.19. The Morgan fingerprint density at radius 2 is 1.70 bits per heavy atom. The lowest BCUT2D eigenvalue weighted by atomic mass is 9.88. The molecule has 0 heterocycles. The lowest BCUT2D eigenvalue weighted by Crippen LogP contribution is -2.45. The molecule has 0 aromatic heterocycles. The minimum atomic E-state index is -1.19. The number of nitrogens with zero attached hydrogens (tertiary/aromatic N) is 1. The minimum absolute atomic E-state index is 0.0550. The SMILES string of the molecule is CCNC(=O)CN(CC)CC(=O)C(C)(C)C(=O)OCC. The second-order valence-corrected chi connectivity index (χ2v) is 5.03. The van der Waals surface area contributed by atoms with Gasteiger partial charge in [0.1, 0.15) is 5.41 Å². The molecule has 0 aliphatic carbocycles. The quantitative estimate of drug-likeness (QED) is 0.496. The van der Waals surface area contributed by atoms with E-state index in [1.54, 1.807) is 25.7 Å². The third-order valence-electron chi connectivity index (χ3n) is 3.04. The normalized spacial score (nSPS) is 11.3. The maximum Gasteiger partial charge on any atom is 0.319 e. The number of ketones is 1. The maximum atomic E-state index is 12.2. The number of carbonyl (C=O) groups excluding carboxylic acids is 3. The molecule has 0 atom stereocenters. The average Bonchev–Trinajstić information content (AvgIpc) is 2.38. The first-order valence-electron chi connectivity index (χ1n) is 6.99. The van der Waals surface area contributed by atoms with Crippen molar-refractivity contribution in [2.45, 2.75) is 34.6 Å². The molecule has 0 bridgehead atoms. The monoisotopic (exact) mass is 286 g/mol. The van der Waals surface area contributed by atoms with E-state index in [1.807, 2.05) is 13.8 Å². The Balaban J connectivity index is 4.61. The highest BCUT2D eigenvalue weighted by Gasteiger charge is 2.37. The van der Waals surface area contributed by atoms with Crippen molar-refractivity contribution in [1.29, 1.82) is 0 Å². The number of rotatable bonds is 9. The topological polar surface area (TPSA) is 75.7 Å². The Labute approximate surface area is 120 Å². The van der Waals surface area contributed by atoms with Gasteiger partial charge < -0.3 is 10.1 Å². The highest BCUT2D eigenvalue weighted by atomic mass is 16.5. The number of ether oxygens (including phenoxy) is 1. The van der Waals surface area contributed by atoms with Crippen LogP contribution in [0.2, 0.25) is 0 Å². The molecule has 20 heavy (non-hydrogen) atoms. The van der Waals surface area contributed by atoms with E-state index in [0.717, 1.165) is 0 Å². The van der Waals surface area contributed by atoms with Crippen molar-refractivity contribution in [2.75, 3.05) is 32.8 Å². The number of hydrogen-bond donors (Lipinski definition) is 1. The van der Waals surface area contributed by atoms with Gasteiger partial charge >= 0.3 is 5.97 Å². The fourth-order valence-corrected chi connectivity index (χ4v) is 1.56. The highest BCUT2D eigenvalue weighted by molar-refractivity contribution is 6.04. The van der Waals surface area contributed by atoms with Crippen LogP contribution in [0.5, 0.6) is 0 Å². The summed E-state index contributed by atoms with van der Waals surface area (Å²) in [6.45, 7) is 10.1. The summed E-state index contributed by atoms with van der Waals surface area (Å²) in [4.78, 5) is 37.2. The van der Waals surface area contributed by atoms with Gasteiger partial charge in [-0.15, -0.1) is 0 Å². The van der Waals surface area contributed by atoms with Gasteiger partial charge in [0.15, 0.2) is 5.78 Å². The molecular formula is C14H26N2O4. The molecule has 0 saturated heterocycles. The standard InChI is InChI=1S/C14H26N2O4/c1-6-15-12(18)10-16(7-2)9-11(17)14(4,5)13(19)20-8-3/h6-10H2,1-5H3,(H,15,18). The van der Waals surface area contributed by atoms with Crippen molar-refractivity contribution < 1.29 is 19.1 Å². The van der Waals surface area contributed by atoms with E-state index in [1.165, 1.54) is 0 Å². The molecule has 6 nitrogen and oxygen atoms in total. The van der Waals surface area contributed by atoms with Crippen molar-refractivity contribution in [1.82, 2.24) is 10.2 Å². The molecule has 0 aromatic rings. The number of likely N-dealkylation sites (N-methyl/N-ethyl adjacent to an activating group) is 2. The van der Waals surface area contributed by atoms with Gasteiger partial charge in [0, 0.05) is 6.54 Å². The first kappa shape index (κ1) is 18.6. The number of esters is 1. The fraction of sp³-hybridized carbons (Fsp3) is 0.786. The van der Waals surface area contributed by atoms with E-state index in [4.69, 9.17) is 4.74 Å². The van der Waals surface area contributed by atoms with Gasteiger partial charge in [0.25, 0.3) is 0 Å². The van der Waals surface area contributed by atoms with Crippen LogP contribution >= 0.6 is 0 Å². The lowest BCUT2D eigenvalue weighted by molar-refractivity contribution is -0.158. The zero-order valence-corrected chi connectivity index (χ0v) is 13.1. The second kappa shape index (κ2) is 8.68. The number of hydrogen-bond acceptors (Lipinski definition) is 5. The molecular weight excluding hydrogens is 260 g/mol. The molecule has 0 spiro atoms. The van der Waals surface area contributed by atoms with E-state index in [-0.39, 0.29) is 31.4 Å². The lowest BCUT2D eigenvalue weighted by Gasteiger charge is -2.25. The van der Waals surface area contributed by atoms with Crippen LogP contribution in [0.25, 0.3) is 0 Å². The van der Waals surface area contributed by atoms with Crippen molar-refractivity contribution in [3.8, 4) is 0 Å². The molecule has 0 unspecified atom stereocenters. The highest BCUT2D eigenvalue weighted by Crippen LogP contribution is 2.19. The van der Waals surface area contributed by atoms with Crippen LogP contribution in [-0.4, -0.2) is 55.3 Å². The van der Waals surface area contributed by atoms with E-state index in [0.29, 0.717) is 13.1 Å². The first-order valence-corrected chi connectivity index (χ1v) is 6.99. The predicted molar refractivity (Wildman–Crippen MR) is 76.2 cm³/mol. The molecule has 0 aliphatic rings. The van der Waals surface area contributed by atoms with Gasteiger partial charge in [0.05, 0.1) is 19.7 Å². The van der Waals surface area contributed by atoms with Crippen LogP contribution in [0.1, 0.15) is 34.6 Å². The van der Waals surface area contributed by atoms with Crippen LogP contribution in [0.15, 0.2) is 0 Å². The van der Waals surface area contributed by atoms with Gasteiger partial charge in [-0.2, -0.15) is 0 Å². The van der Waals surface area contributed by atoms with Gasteiger partial charge in [-0.05, 0) is 34.2 Å². The molecule has 0 fully saturated rings.